The molecule has 7 heteroatoms. The van der Waals surface area contributed by atoms with Gasteiger partial charge in [0.25, 0.3) is 5.91 Å². The predicted molar refractivity (Wildman–Crippen MR) is 97.6 cm³/mol. The fourth-order valence-electron chi connectivity index (χ4n) is 3.34. The second kappa shape index (κ2) is 8.58. The van der Waals surface area contributed by atoms with Gasteiger partial charge in [0.2, 0.25) is 0 Å². The number of ketones is 1. The highest BCUT2D eigenvalue weighted by Crippen LogP contribution is 2.34. The van der Waals surface area contributed by atoms with Crippen LogP contribution in [0.4, 0.5) is 5.00 Å². The number of Topliss-reactive ketones (excluding diaryl/α,β-unsaturated/α-hetero) is 1. The summed E-state index contributed by atoms with van der Waals surface area (Å²) in [6.07, 6.45) is 2.34. The van der Waals surface area contributed by atoms with Gasteiger partial charge in [-0.2, -0.15) is 0 Å². The summed E-state index contributed by atoms with van der Waals surface area (Å²) in [5.74, 6) is -0.132. The molecule has 138 valence electrons. The van der Waals surface area contributed by atoms with E-state index in [1.165, 1.54) is 18.2 Å². The first-order chi connectivity index (χ1) is 11.8. The lowest BCUT2D eigenvalue weighted by Crippen LogP contribution is -3.14. The van der Waals surface area contributed by atoms with Crippen LogP contribution in [-0.2, 0) is 9.53 Å². The van der Waals surface area contributed by atoms with Crippen LogP contribution in [0.25, 0.3) is 0 Å². The molecular formula is C18H27N2O4S+. The molecule has 2 rings (SSSR count). The van der Waals surface area contributed by atoms with Gasteiger partial charge in [-0.15, -0.1) is 11.3 Å². The SMILES string of the molecule is CCOC(=O)c1c(NC(=O)C[NH+]2CCC[C@@H](C)C2)sc(C(C)=O)c1C. The Hall–Kier alpha value is -1.73. The number of amides is 1. The summed E-state index contributed by atoms with van der Waals surface area (Å²) in [4.78, 5) is 38.2. The van der Waals surface area contributed by atoms with Gasteiger partial charge < -0.3 is 15.0 Å². The highest BCUT2D eigenvalue weighted by molar-refractivity contribution is 7.18. The second-order valence-electron chi connectivity index (χ2n) is 6.71. The van der Waals surface area contributed by atoms with Crippen molar-refractivity contribution in [2.75, 3.05) is 31.6 Å². The third-order valence-electron chi connectivity index (χ3n) is 4.47. The molecule has 1 aromatic rings. The van der Waals surface area contributed by atoms with Crippen molar-refractivity contribution in [2.45, 2.75) is 40.5 Å². The molecule has 0 aromatic carbocycles. The number of hydrogen-bond donors (Lipinski definition) is 2. The molecular weight excluding hydrogens is 340 g/mol. The predicted octanol–water partition coefficient (Wildman–Crippen LogP) is 1.69. The number of thiophene rings is 1. The van der Waals surface area contributed by atoms with Crippen LogP contribution in [0, 0.1) is 12.8 Å². The number of esters is 1. The zero-order chi connectivity index (χ0) is 18.6. The Morgan fingerprint density at radius 2 is 2.08 bits per heavy atom. The van der Waals surface area contributed by atoms with Crippen LogP contribution in [0.1, 0.15) is 59.2 Å². The van der Waals surface area contributed by atoms with E-state index in [-0.39, 0.29) is 18.3 Å². The normalized spacial score (nSPS) is 20.2. The molecule has 2 heterocycles. The van der Waals surface area contributed by atoms with Gasteiger partial charge in [0.1, 0.15) is 5.00 Å². The first-order valence-corrected chi connectivity index (χ1v) is 9.60. The molecule has 0 saturated carbocycles. The van der Waals surface area contributed by atoms with Gasteiger partial charge in [0, 0.05) is 5.92 Å². The lowest BCUT2D eigenvalue weighted by atomic mass is 10.0. The number of carbonyl (C=O) groups is 3. The Kier molecular flexibility index (Phi) is 6.72. The van der Waals surface area contributed by atoms with E-state index < -0.39 is 5.97 Å². The van der Waals surface area contributed by atoms with Crippen LogP contribution in [0.5, 0.6) is 0 Å². The van der Waals surface area contributed by atoms with E-state index in [0.717, 1.165) is 30.8 Å². The number of piperidine rings is 1. The minimum absolute atomic E-state index is 0.121. The number of rotatable bonds is 6. The Balaban J connectivity index is 2.16. The first-order valence-electron chi connectivity index (χ1n) is 8.78. The molecule has 1 amide bonds. The van der Waals surface area contributed by atoms with Gasteiger partial charge in [0.05, 0.1) is 30.1 Å². The van der Waals surface area contributed by atoms with Crippen LogP contribution in [0.3, 0.4) is 0 Å². The van der Waals surface area contributed by atoms with Crippen LogP contribution in [-0.4, -0.2) is 43.9 Å². The highest BCUT2D eigenvalue weighted by Gasteiger charge is 2.27. The number of quaternary nitrogens is 1. The van der Waals surface area contributed by atoms with Crippen molar-refractivity contribution < 1.29 is 24.0 Å². The van der Waals surface area contributed by atoms with E-state index in [2.05, 4.69) is 12.2 Å². The van der Waals surface area contributed by atoms with Crippen molar-refractivity contribution in [3.63, 3.8) is 0 Å². The zero-order valence-corrected chi connectivity index (χ0v) is 16.2. The molecule has 0 radical (unpaired) electrons. The van der Waals surface area contributed by atoms with Gasteiger partial charge in [-0.3, -0.25) is 9.59 Å². The maximum Gasteiger partial charge on any atom is 0.341 e. The van der Waals surface area contributed by atoms with Crippen LogP contribution in [0.2, 0.25) is 0 Å². The molecule has 1 aliphatic heterocycles. The summed E-state index contributed by atoms with van der Waals surface area (Å²) in [6.45, 7) is 9.70. The fourth-order valence-corrected chi connectivity index (χ4v) is 4.45. The summed E-state index contributed by atoms with van der Waals surface area (Å²) in [7, 11) is 0. The topological polar surface area (TPSA) is 76.9 Å². The monoisotopic (exact) mass is 367 g/mol. The smallest absolute Gasteiger partial charge is 0.341 e. The van der Waals surface area contributed by atoms with Gasteiger partial charge in [0.15, 0.2) is 12.3 Å². The van der Waals surface area contributed by atoms with E-state index in [1.54, 1.807) is 13.8 Å². The molecule has 6 nitrogen and oxygen atoms in total. The van der Waals surface area contributed by atoms with Crippen LogP contribution < -0.4 is 10.2 Å². The minimum Gasteiger partial charge on any atom is -0.462 e. The van der Waals surface area contributed by atoms with E-state index >= 15 is 0 Å². The molecule has 1 aromatic heterocycles. The number of nitrogens with one attached hydrogen (secondary N) is 2. The molecule has 25 heavy (non-hydrogen) atoms. The van der Waals surface area contributed by atoms with Crippen molar-refractivity contribution in [1.82, 2.24) is 0 Å². The van der Waals surface area contributed by atoms with Gasteiger partial charge in [-0.1, -0.05) is 6.92 Å². The van der Waals surface area contributed by atoms with Crippen molar-refractivity contribution >= 4 is 34.0 Å². The fraction of sp³-hybridized carbons (Fsp3) is 0.611. The van der Waals surface area contributed by atoms with Crippen LogP contribution in [0.15, 0.2) is 0 Å². The summed E-state index contributed by atoms with van der Waals surface area (Å²) in [6, 6.07) is 0. The van der Waals surface area contributed by atoms with E-state index in [0.29, 0.717) is 33.5 Å². The van der Waals surface area contributed by atoms with Crippen molar-refractivity contribution in [2.24, 2.45) is 5.92 Å². The molecule has 1 saturated heterocycles. The van der Waals surface area contributed by atoms with Crippen molar-refractivity contribution in [3.05, 3.63) is 16.0 Å². The Bertz CT molecular complexity index is 668. The maximum atomic E-state index is 12.4. The number of carbonyl (C=O) groups excluding carboxylic acids is 3. The van der Waals surface area contributed by atoms with E-state index in [4.69, 9.17) is 4.74 Å². The molecule has 1 fully saturated rings. The number of ether oxygens (including phenoxy) is 1. The van der Waals surface area contributed by atoms with E-state index in [9.17, 15) is 14.4 Å². The quantitative estimate of drug-likeness (QED) is 0.593. The highest BCUT2D eigenvalue weighted by atomic mass is 32.1. The summed E-state index contributed by atoms with van der Waals surface area (Å²) >= 11 is 1.15. The number of hydrogen-bond acceptors (Lipinski definition) is 5. The van der Waals surface area contributed by atoms with Crippen molar-refractivity contribution in [1.29, 1.82) is 0 Å². The largest absolute Gasteiger partial charge is 0.462 e. The van der Waals surface area contributed by atoms with Crippen LogP contribution >= 0.6 is 11.3 Å². The van der Waals surface area contributed by atoms with Gasteiger partial charge in [-0.05, 0) is 39.2 Å². The Morgan fingerprint density at radius 1 is 1.36 bits per heavy atom. The third kappa shape index (κ3) is 4.89. The summed E-state index contributed by atoms with van der Waals surface area (Å²) < 4.78 is 5.09. The molecule has 0 bridgehead atoms. The molecule has 2 atom stereocenters. The summed E-state index contributed by atoms with van der Waals surface area (Å²) in [5, 5.41) is 3.25. The van der Waals surface area contributed by atoms with E-state index in [1.807, 2.05) is 0 Å². The molecule has 0 aliphatic carbocycles. The molecule has 0 spiro atoms. The number of likely N-dealkylation sites (tertiary alicyclic amines) is 1. The average molecular weight is 367 g/mol. The number of anilines is 1. The minimum atomic E-state index is -0.502. The average Bonchev–Trinajstić information content (AvgIpc) is 2.84. The standard InChI is InChI=1S/C18H26N2O4S/c1-5-24-18(23)15-12(3)16(13(4)21)25-17(15)19-14(22)10-20-8-6-7-11(2)9-20/h11H,5-10H2,1-4H3,(H,19,22)/p+1/t11-/m1/s1. The second-order valence-corrected chi connectivity index (χ2v) is 7.73. The Morgan fingerprint density at radius 3 is 2.68 bits per heavy atom. The van der Waals surface area contributed by atoms with Crippen molar-refractivity contribution in [3.8, 4) is 0 Å². The van der Waals surface area contributed by atoms with Gasteiger partial charge >= 0.3 is 5.97 Å². The Labute approximate surface area is 152 Å². The third-order valence-corrected chi connectivity index (χ3v) is 5.78. The van der Waals surface area contributed by atoms with Gasteiger partial charge in [-0.25, -0.2) is 4.79 Å². The lowest BCUT2D eigenvalue weighted by molar-refractivity contribution is -0.900. The molecule has 1 unspecified atom stereocenters. The summed E-state index contributed by atoms with van der Waals surface area (Å²) in [5.41, 5.74) is 0.873. The molecule has 1 aliphatic rings. The molecule has 2 N–H and O–H groups in total. The zero-order valence-electron chi connectivity index (χ0n) is 15.4. The first kappa shape index (κ1) is 19.6. The maximum absolute atomic E-state index is 12.4. The lowest BCUT2D eigenvalue weighted by Gasteiger charge is -2.27.